The summed E-state index contributed by atoms with van der Waals surface area (Å²) in [5, 5.41) is 23.6. The Bertz CT molecular complexity index is 805. The van der Waals surface area contributed by atoms with Crippen molar-refractivity contribution in [2.75, 3.05) is 5.75 Å². The number of hydrogen-bond donors (Lipinski definition) is 1. The van der Waals surface area contributed by atoms with Gasteiger partial charge in [-0.1, -0.05) is 0 Å². The normalized spacial score (nSPS) is 21.8. The molecule has 12 heteroatoms. The number of carbonyl (C=O) groups excluding carboxylic acids is 3. The van der Waals surface area contributed by atoms with E-state index in [9.17, 15) is 29.6 Å². The summed E-state index contributed by atoms with van der Waals surface area (Å²) in [6.07, 6.45) is 0. The number of furan rings is 1. The van der Waals surface area contributed by atoms with Crippen molar-refractivity contribution in [3.05, 3.63) is 39.3 Å². The molecule has 0 radical (unpaired) electrons. The van der Waals surface area contributed by atoms with E-state index in [2.05, 4.69) is 5.32 Å². The van der Waals surface area contributed by atoms with E-state index in [1.165, 1.54) is 11.8 Å². The van der Waals surface area contributed by atoms with E-state index >= 15 is 0 Å². The first-order valence-electron chi connectivity index (χ1n) is 6.72. The van der Waals surface area contributed by atoms with Gasteiger partial charge in [-0.05, 0) is 18.6 Å². The standard InChI is InChI=1S/C13H11N3O7S.Na/c1-5-4-24-12-8(11(18)15(12)9(5)13(19)20)14-10(17)6-2-3-7(23-6)16(21)22;/h2-3,8,12H,4H2,1H3,(H,14,17)(H,19,20);/q;+1/p-1/t8-,12-;/m1./s1. The number of nitrogens with one attached hydrogen (secondary N) is 1. The van der Waals surface area contributed by atoms with Crippen molar-refractivity contribution in [1.82, 2.24) is 10.2 Å². The maximum absolute atomic E-state index is 12.2. The number of hydrogen-bond acceptors (Lipinski definition) is 8. The Labute approximate surface area is 167 Å². The van der Waals surface area contributed by atoms with Gasteiger partial charge in [-0.15, -0.1) is 11.8 Å². The average Bonchev–Trinajstić information content (AvgIpc) is 3.02. The molecule has 1 aromatic rings. The molecule has 1 aromatic heterocycles. The van der Waals surface area contributed by atoms with Gasteiger partial charge >= 0.3 is 35.4 Å². The van der Waals surface area contributed by atoms with Gasteiger partial charge in [0.05, 0.1) is 17.7 Å². The SMILES string of the molecule is CC1=C(C(=O)[O-])N2C(=O)[C@@H](NC(=O)c3ccc([N+](=O)[O-])o3)[C@H]2SC1.[Na+]. The Balaban J connectivity index is 0.00000225. The summed E-state index contributed by atoms with van der Waals surface area (Å²) >= 11 is 1.30. The smallest absolute Gasteiger partial charge is 0.543 e. The molecule has 25 heavy (non-hydrogen) atoms. The minimum Gasteiger partial charge on any atom is -0.543 e. The van der Waals surface area contributed by atoms with Gasteiger partial charge in [0.15, 0.2) is 5.76 Å². The third-order valence-corrected chi connectivity index (χ3v) is 5.06. The average molecular weight is 375 g/mol. The van der Waals surface area contributed by atoms with Gasteiger partial charge in [-0.3, -0.25) is 24.6 Å². The molecule has 3 heterocycles. The van der Waals surface area contributed by atoms with Gasteiger partial charge in [-0.25, -0.2) is 0 Å². The van der Waals surface area contributed by atoms with E-state index < -0.39 is 40.0 Å². The Morgan fingerprint density at radius 2 is 2.12 bits per heavy atom. The van der Waals surface area contributed by atoms with Crippen LogP contribution < -0.4 is 40.0 Å². The van der Waals surface area contributed by atoms with E-state index in [0.717, 1.165) is 17.0 Å². The number of aliphatic carboxylic acids is 1. The van der Waals surface area contributed by atoms with E-state index in [-0.39, 0.29) is 41.0 Å². The summed E-state index contributed by atoms with van der Waals surface area (Å²) in [5.74, 6) is -3.33. The zero-order valence-electron chi connectivity index (χ0n) is 13.2. The van der Waals surface area contributed by atoms with Crippen molar-refractivity contribution in [2.45, 2.75) is 18.3 Å². The van der Waals surface area contributed by atoms with Crippen LogP contribution in [-0.4, -0.2) is 44.8 Å². The Hall–Kier alpha value is -1.82. The van der Waals surface area contributed by atoms with E-state index in [1.807, 2.05) is 0 Å². The number of β-lactam (4-membered cyclic amide) rings is 1. The fourth-order valence-corrected chi connectivity index (χ4v) is 3.82. The van der Waals surface area contributed by atoms with Crippen molar-refractivity contribution >= 4 is 35.4 Å². The number of thioether (sulfide) groups is 1. The quantitative estimate of drug-likeness (QED) is 0.244. The molecule has 1 saturated heterocycles. The molecule has 0 aliphatic carbocycles. The molecule has 0 aromatic carbocycles. The van der Waals surface area contributed by atoms with Crippen LogP contribution in [0.2, 0.25) is 0 Å². The second-order valence-corrected chi connectivity index (χ2v) is 6.28. The van der Waals surface area contributed by atoms with Crippen LogP contribution in [0, 0.1) is 10.1 Å². The first-order chi connectivity index (χ1) is 11.3. The molecule has 0 saturated carbocycles. The van der Waals surface area contributed by atoms with Crippen molar-refractivity contribution in [1.29, 1.82) is 0 Å². The minimum atomic E-state index is -1.45. The number of amides is 2. The number of fused-ring (bicyclic) bond motifs is 1. The van der Waals surface area contributed by atoms with Crippen LogP contribution in [0.25, 0.3) is 0 Å². The zero-order chi connectivity index (χ0) is 17.6. The van der Waals surface area contributed by atoms with Gasteiger partial charge in [0.1, 0.15) is 16.3 Å². The van der Waals surface area contributed by atoms with Crippen LogP contribution in [0.5, 0.6) is 0 Å². The molecule has 0 spiro atoms. The number of nitro groups is 1. The van der Waals surface area contributed by atoms with E-state index in [4.69, 9.17) is 4.42 Å². The largest absolute Gasteiger partial charge is 1.00 e. The van der Waals surface area contributed by atoms with E-state index in [0.29, 0.717) is 11.3 Å². The van der Waals surface area contributed by atoms with Crippen molar-refractivity contribution in [3.63, 3.8) is 0 Å². The maximum atomic E-state index is 12.2. The monoisotopic (exact) mass is 375 g/mol. The first-order valence-corrected chi connectivity index (χ1v) is 7.77. The van der Waals surface area contributed by atoms with Gasteiger partial charge in [0.25, 0.3) is 11.8 Å². The minimum absolute atomic E-state index is 0. The second kappa shape index (κ2) is 7.20. The zero-order valence-corrected chi connectivity index (χ0v) is 16.0. The summed E-state index contributed by atoms with van der Waals surface area (Å²) in [4.78, 5) is 46.2. The molecule has 0 bridgehead atoms. The first kappa shape index (κ1) is 19.5. The fraction of sp³-hybridized carbons (Fsp3) is 0.308. The molecule has 0 unspecified atom stereocenters. The molecule has 2 amide bonds. The summed E-state index contributed by atoms with van der Waals surface area (Å²) in [7, 11) is 0. The molecular weight excluding hydrogens is 365 g/mol. The Morgan fingerprint density at radius 3 is 2.68 bits per heavy atom. The number of carbonyl (C=O) groups is 3. The number of carboxylic acid groups (broad SMARTS) is 1. The predicted molar refractivity (Wildman–Crippen MR) is 77.4 cm³/mol. The van der Waals surface area contributed by atoms with Crippen LogP contribution in [0.1, 0.15) is 17.5 Å². The fourth-order valence-electron chi connectivity index (χ4n) is 2.52. The maximum Gasteiger partial charge on any atom is 1.00 e. The summed E-state index contributed by atoms with van der Waals surface area (Å²) in [6, 6.07) is 1.22. The summed E-state index contributed by atoms with van der Waals surface area (Å²) in [6.45, 7) is 1.59. The van der Waals surface area contributed by atoms with Crippen molar-refractivity contribution in [3.8, 4) is 0 Å². The molecule has 126 valence electrons. The van der Waals surface area contributed by atoms with Crippen LogP contribution in [0.15, 0.2) is 27.8 Å². The Morgan fingerprint density at radius 1 is 1.44 bits per heavy atom. The third-order valence-electron chi connectivity index (χ3n) is 3.63. The summed E-state index contributed by atoms with van der Waals surface area (Å²) < 4.78 is 4.77. The van der Waals surface area contributed by atoms with Crippen LogP contribution in [0.4, 0.5) is 5.88 Å². The second-order valence-electron chi connectivity index (χ2n) is 5.17. The third kappa shape index (κ3) is 3.32. The predicted octanol–water partition coefficient (Wildman–Crippen LogP) is -3.77. The van der Waals surface area contributed by atoms with Gasteiger partial charge in [-0.2, -0.15) is 0 Å². The molecule has 2 aliphatic rings. The molecule has 1 N–H and O–H groups in total. The van der Waals surface area contributed by atoms with Crippen LogP contribution in [-0.2, 0) is 9.59 Å². The molecule has 10 nitrogen and oxygen atoms in total. The number of carboxylic acids is 1. The van der Waals surface area contributed by atoms with Gasteiger partial charge < -0.3 is 19.6 Å². The van der Waals surface area contributed by atoms with Gasteiger partial charge in [0.2, 0.25) is 0 Å². The molecule has 1 fully saturated rings. The van der Waals surface area contributed by atoms with Gasteiger partial charge in [0, 0.05) is 5.75 Å². The van der Waals surface area contributed by atoms with Crippen LogP contribution >= 0.6 is 11.8 Å². The topological polar surface area (TPSA) is 146 Å². The molecular formula is C13H10N3NaO7S. The van der Waals surface area contributed by atoms with Crippen molar-refractivity contribution in [2.24, 2.45) is 0 Å². The van der Waals surface area contributed by atoms with Crippen molar-refractivity contribution < 1.29 is 58.4 Å². The molecule has 3 rings (SSSR count). The van der Waals surface area contributed by atoms with Crippen LogP contribution in [0.3, 0.4) is 0 Å². The Kier molecular flexibility index (Phi) is 5.62. The summed E-state index contributed by atoms with van der Waals surface area (Å²) in [5.41, 5.74) is 0.332. The van der Waals surface area contributed by atoms with E-state index in [1.54, 1.807) is 6.92 Å². The molecule has 2 atom stereocenters. The molecule has 2 aliphatic heterocycles. The number of nitrogens with zero attached hydrogens (tertiary/aromatic N) is 2. The number of rotatable bonds is 4.